The molecule has 0 unspecified atom stereocenters. The van der Waals surface area contributed by atoms with Gasteiger partial charge in [-0.3, -0.25) is 9.59 Å². The summed E-state index contributed by atoms with van der Waals surface area (Å²) >= 11 is 1.22. The van der Waals surface area contributed by atoms with Crippen molar-refractivity contribution in [1.29, 1.82) is 0 Å². The fourth-order valence-corrected chi connectivity index (χ4v) is 3.90. The molecule has 0 radical (unpaired) electrons. The molecule has 0 bridgehead atoms. The number of amides is 2. The number of para-hydroxylation sites is 1. The molecule has 29 heavy (non-hydrogen) atoms. The van der Waals surface area contributed by atoms with Crippen LogP contribution < -0.4 is 16.3 Å². The fourth-order valence-electron chi connectivity index (χ4n) is 3.17. The number of carbonyl (C=O) groups excluding carboxylic acids is 2. The smallest absolute Gasteiger partial charge is 0.345 e. The Morgan fingerprint density at radius 2 is 2.00 bits per heavy atom. The van der Waals surface area contributed by atoms with Crippen molar-refractivity contribution in [2.75, 3.05) is 31.5 Å². The number of fused-ring (bicyclic) bond motifs is 1. The Balaban J connectivity index is 1.39. The number of nitrogens with one attached hydrogen (secondary N) is 2. The molecule has 150 valence electrons. The molecule has 3 aromatic rings. The summed E-state index contributed by atoms with van der Waals surface area (Å²) in [6, 6.07) is 8.98. The molecule has 1 fully saturated rings. The lowest BCUT2D eigenvalue weighted by atomic mass is 10.1. The summed E-state index contributed by atoms with van der Waals surface area (Å²) in [7, 11) is 0. The van der Waals surface area contributed by atoms with Gasteiger partial charge >= 0.3 is 5.63 Å². The van der Waals surface area contributed by atoms with Gasteiger partial charge < -0.3 is 20.0 Å². The summed E-state index contributed by atoms with van der Waals surface area (Å²) < 4.78 is 5.34. The molecule has 2 aromatic heterocycles. The minimum atomic E-state index is -0.478. The summed E-state index contributed by atoms with van der Waals surface area (Å²) in [5.74, 6) is -0.296. The lowest BCUT2D eigenvalue weighted by molar-refractivity contribution is -0.133. The Hall–Kier alpha value is -3.04. The van der Waals surface area contributed by atoms with Crippen molar-refractivity contribution in [3.05, 3.63) is 46.1 Å². The Morgan fingerprint density at radius 3 is 2.83 bits per heavy atom. The third-order valence-corrected chi connectivity index (χ3v) is 5.46. The van der Waals surface area contributed by atoms with E-state index in [1.165, 1.54) is 11.3 Å². The van der Waals surface area contributed by atoms with Crippen LogP contribution in [0.15, 0.2) is 44.9 Å². The average molecular weight is 412 g/mol. The van der Waals surface area contributed by atoms with Crippen LogP contribution >= 0.6 is 11.3 Å². The maximum atomic E-state index is 12.3. The highest BCUT2D eigenvalue weighted by molar-refractivity contribution is 7.14. The number of benzene rings is 1. The van der Waals surface area contributed by atoms with Crippen molar-refractivity contribution >= 4 is 39.3 Å². The second-order valence-corrected chi connectivity index (χ2v) is 7.56. The Kier molecular flexibility index (Phi) is 5.68. The molecule has 0 atom stereocenters. The van der Waals surface area contributed by atoms with Crippen LogP contribution in [0.25, 0.3) is 22.2 Å². The molecule has 9 heteroatoms. The topological polar surface area (TPSA) is 105 Å². The van der Waals surface area contributed by atoms with E-state index in [1.54, 1.807) is 28.5 Å². The van der Waals surface area contributed by atoms with Gasteiger partial charge in [-0.15, -0.1) is 11.3 Å². The van der Waals surface area contributed by atoms with Gasteiger partial charge in [-0.1, -0.05) is 18.2 Å². The van der Waals surface area contributed by atoms with Crippen molar-refractivity contribution in [3.8, 4) is 11.3 Å². The van der Waals surface area contributed by atoms with E-state index in [-0.39, 0.29) is 24.7 Å². The first-order chi connectivity index (χ1) is 14.1. The van der Waals surface area contributed by atoms with Gasteiger partial charge in [-0.25, -0.2) is 9.78 Å². The van der Waals surface area contributed by atoms with Crippen LogP contribution in [0, 0.1) is 0 Å². The Labute approximate surface area is 170 Å². The van der Waals surface area contributed by atoms with E-state index in [4.69, 9.17) is 4.42 Å². The zero-order valence-electron chi connectivity index (χ0n) is 15.6. The highest BCUT2D eigenvalue weighted by Gasteiger charge is 2.18. The number of aromatic nitrogens is 1. The molecule has 8 nitrogen and oxygen atoms in total. The molecule has 1 saturated heterocycles. The molecule has 1 aromatic carbocycles. The van der Waals surface area contributed by atoms with E-state index in [9.17, 15) is 14.4 Å². The molecular formula is C20H20N4O4S. The minimum Gasteiger partial charge on any atom is -0.422 e. The van der Waals surface area contributed by atoms with Crippen molar-refractivity contribution < 1.29 is 14.0 Å². The van der Waals surface area contributed by atoms with Gasteiger partial charge in [0.1, 0.15) is 5.58 Å². The van der Waals surface area contributed by atoms with Gasteiger partial charge in [0, 0.05) is 49.8 Å². The zero-order valence-corrected chi connectivity index (χ0v) is 16.5. The third kappa shape index (κ3) is 4.52. The standard InChI is InChI=1S/C20H20N4O4S/c25-17(5-6-18(26)24-9-7-21-8-10-24)23-20-22-15(12-29-20)14-11-13-3-1-2-4-16(13)28-19(14)27/h1-4,11-12,21H,5-10H2,(H,22,23,25). The minimum absolute atomic E-state index is 0.0183. The lowest BCUT2D eigenvalue weighted by Crippen LogP contribution is -2.46. The largest absolute Gasteiger partial charge is 0.422 e. The van der Waals surface area contributed by atoms with Crippen LogP contribution in [-0.2, 0) is 9.59 Å². The first-order valence-corrected chi connectivity index (χ1v) is 10.3. The second-order valence-electron chi connectivity index (χ2n) is 6.70. The van der Waals surface area contributed by atoms with E-state index in [1.807, 2.05) is 12.1 Å². The first kappa shape index (κ1) is 19.3. The van der Waals surface area contributed by atoms with Gasteiger partial charge in [0.25, 0.3) is 0 Å². The van der Waals surface area contributed by atoms with Gasteiger partial charge in [-0.05, 0) is 12.1 Å². The van der Waals surface area contributed by atoms with Crippen LogP contribution in [0.3, 0.4) is 0 Å². The van der Waals surface area contributed by atoms with Crippen molar-refractivity contribution in [2.45, 2.75) is 12.8 Å². The van der Waals surface area contributed by atoms with E-state index >= 15 is 0 Å². The van der Waals surface area contributed by atoms with Crippen molar-refractivity contribution in [2.24, 2.45) is 0 Å². The van der Waals surface area contributed by atoms with Gasteiger partial charge in [0.15, 0.2) is 5.13 Å². The van der Waals surface area contributed by atoms with E-state index in [2.05, 4.69) is 15.6 Å². The molecule has 3 heterocycles. The number of hydrogen-bond donors (Lipinski definition) is 2. The number of nitrogens with zero attached hydrogens (tertiary/aromatic N) is 2. The molecule has 1 aliphatic rings. The van der Waals surface area contributed by atoms with Crippen LogP contribution in [0.4, 0.5) is 5.13 Å². The predicted octanol–water partition coefficient (Wildman–Crippen LogP) is 2.07. The quantitative estimate of drug-likeness (QED) is 0.622. The lowest BCUT2D eigenvalue weighted by Gasteiger charge is -2.27. The van der Waals surface area contributed by atoms with Crippen molar-refractivity contribution in [3.63, 3.8) is 0 Å². The zero-order chi connectivity index (χ0) is 20.2. The summed E-state index contributed by atoms with van der Waals surface area (Å²) in [5, 5.41) is 8.76. The van der Waals surface area contributed by atoms with Crippen LogP contribution in [0.1, 0.15) is 12.8 Å². The predicted molar refractivity (Wildman–Crippen MR) is 111 cm³/mol. The second kappa shape index (κ2) is 8.54. The van der Waals surface area contributed by atoms with Gasteiger partial charge in [0.2, 0.25) is 11.8 Å². The number of anilines is 1. The molecule has 0 saturated carbocycles. The average Bonchev–Trinajstić information content (AvgIpc) is 3.20. The summed E-state index contributed by atoms with van der Waals surface area (Å²) in [4.78, 5) is 42.7. The monoisotopic (exact) mass is 412 g/mol. The molecule has 2 N–H and O–H groups in total. The molecular weight excluding hydrogens is 392 g/mol. The fraction of sp³-hybridized carbons (Fsp3) is 0.300. The number of hydrogen-bond acceptors (Lipinski definition) is 7. The highest BCUT2D eigenvalue weighted by Crippen LogP contribution is 2.25. The van der Waals surface area contributed by atoms with Crippen LogP contribution in [0.2, 0.25) is 0 Å². The van der Waals surface area contributed by atoms with E-state index in [0.717, 1.165) is 18.5 Å². The molecule has 0 spiro atoms. The maximum Gasteiger partial charge on any atom is 0.345 e. The van der Waals surface area contributed by atoms with E-state index in [0.29, 0.717) is 35.1 Å². The van der Waals surface area contributed by atoms with Gasteiger partial charge in [0.05, 0.1) is 11.3 Å². The number of piperazine rings is 1. The SMILES string of the molecule is O=C(CCC(=O)N1CCNCC1)Nc1nc(-c2cc3ccccc3oc2=O)cs1. The Bertz CT molecular complexity index is 1100. The normalized spacial score (nSPS) is 14.1. The van der Waals surface area contributed by atoms with Crippen LogP contribution in [0.5, 0.6) is 0 Å². The summed E-state index contributed by atoms with van der Waals surface area (Å²) in [5.41, 5.74) is 0.823. The molecule has 4 rings (SSSR count). The van der Waals surface area contributed by atoms with E-state index < -0.39 is 5.63 Å². The van der Waals surface area contributed by atoms with Crippen molar-refractivity contribution in [1.82, 2.24) is 15.2 Å². The molecule has 1 aliphatic heterocycles. The third-order valence-electron chi connectivity index (χ3n) is 4.70. The molecule has 2 amide bonds. The first-order valence-electron chi connectivity index (χ1n) is 9.37. The Morgan fingerprint density at radius 1 is 1.21 bits per heavy atom. The number of thiazole rings is 1. The van der Waals surface area contributed by atoms with Gasteiger partial charge in [-0.2, -0.15) is 0 Å². The number of carbonyl (C=O) groups is 2. The molecule has 0 aliphatic carbocycles. The maximum absolute atomic E-state index is 12.3. The summed E-state index contributed by atoms with van der Waals surface area (Å²) in [6.45, 7) is 2.90. The highest BCUT2D eigenvalue weighted by atomic mass is 32.1. The van der Waals surface area contributed by atoms with Crippen LogP contribution in [-0.4, -0.2) is 47.9 Å². The number of rotatable bonds is 5. The summed E-state index contributed by atoms with van der Waals surface area (Å²) in [6.07, 6.45) is 0.258.